The third-order valence-electron chi connectivity index (χ3n) is 18.9. The van der Waals surface area contributed by atoms with Crippen molar-refractivity contribution >= 4 is 96.0 Å². The quantitative estimate of drug-likeness (QED) is 0.0335. The molecule has 3 amide bonds. The van der Waals surface area contributed by atoms with E-state index in [0.29, 0.717) is 111 Å². The Morgan fingerprint density at radius 3 is 1.19 bits per heavy atom. The number of aromatic nitrogens is 6. The highest BCUT2D eigenvalue weighted by atomic mass is 79.9. The second-order valence-corrected chi connectivity index (χ2v) is 26.6. The number of aromatic amines is 1. The second kappa shape index (κ2) is 27.9. The van der Waals surface area contributed by atoms with Crippen LogP contribution in [0.25, 0.3) is 54.8 Å². The molecule has 12 aromatic rings. The number of ether oxygens (including phenoxy) is 8. The molecule has 3 aliphatic heterocycles. The molecule has 23 nitrogen and oxygen atoms in total. The lowest BCUT2D eigenvalue weighted by molar-refractivity contribution is -0.287. The van der Waals surface area contributed by atoms with Crippen molar-refractivity contribution in [2.24, 2.45) is 0 Å². The summed E-state index contributed by atoms with van der Waals surface area (Å²) >= 11 is 3.43. The zero-order valence-electron chi connectivity index (χ0n) is 56.5. The van der Waals surface area contributed by atoms with Gasteiger partial charge in [-0.25, -0.2) is 24.9 Å². The van der Waals surface area contributed by atoms with Gasteiger partial charge in [0.15, 0.2) is 34.5 Å². The van der Waals surface area contributed by atoms with Gasteiger partial charge in [-0.15, -0.1) is 26.3 Å². The highest BCUT2D eigenvalue weighted by Gasteiger charge is 2.56. The molecule has 3 aliphatic carbocycles. The summed E-state index contributed by atoms with van der Waals surface area (Å²) < 4.78 is 118. The van der Waals surface area contributed by atoms with Crippen molar-refractivity contribution in [1.29, 1.82) is 0 Å². The number of carbonyl (C=O) groups excluding carboxylic acids is 3. The van der Waals surface area contributed by atoms with E-state index in [4.69, 9.17) is 24.5 Å². The van der Waals surface area contributed by atoms with Gasteiger partial charge < -0.3 is 68.9 Å². The Bertz CT molecular complexity index is 5600. The number of pyridine rings is 6. The average molecular weight is 1540 g/mol. The molecule has 6 aliphatic rings. The number of halogens is 7. The number of anilines is 3. The van der Waals surface area contributed by atoms with Crippen molar-refractivity contribution in [2.75, 3.05) is 30.2 Å². The van der Waals surface area contributed by atoms with Crippen LogP contribution in [0.3, 0.4) is 0 Å². The van der Waals surface area contributed by atoms with Gasteiger partial charge in [-0.1, -0.05) is 97.1 Å². The molecule has 0 spiro atoms. The van der Waals surface area contributed by atoms with E-state index in [1.807, 2.05) is 84.9 Å². The Kier molecular flexibility index (Phi) is 18.4. The van der Waals surface area contributed by atoms with Gasteiger partial charge >= 0.3 is 26.0 Å². The minimum absolute atomic E-state index is 0.0370. The van der Waals surface area contributed by atoms with Crippen LogP contribution in [0.5, 0.6) is 46.3 Å². The number of hydrogen-bond acceptors (Lipinski definition) is 19. The van der Waals surface area contributed by atoms with E-state index in [9.17, 15) is 45.5 Å². The van der Waals surface area contributed by atoms with Gasteiger partial charge in [0.1, 0.15) is 22.1 Å². The number of carbonyl (C=O) groups is 3. The first kappa shape index (κ1) is 71.3. The topological polar surface area (TPSA) is 299 Å². The lowest BCUT2D eigenvalue weighted by atomic mass is 9.82. The smallest absolute Gasteiger partial charge is 0.481 e. The van der Waals surface area contributed by atoms with Crippen LogP contribution in [0.1, 0.15) is 55.2 Å². The minimum Gasteiger partial charge on any atom is -0.481 e. The number of hydrogen-bond donors (Lipinski definition) is 6. The molecule has 546 valence electrons. The Balaban J connectivity index is 0.000000121. The lowest BCUT2D eigenvalue weighted by Crippen LogP contribution is -2.29. The van der Waals surface area contributed by atoms with Crippen molar-refractivity contribution in [3.63, 3.8) is 0 Å². The molecule has 0 unspecified atom stereocenters. The Morgan fingerprint density at radius 2 is 0.824 bits per heavy atom. The van der Waals surface area contributed by atoms with E-state index >= 15 is 0 Å². The van der Waals surface area contributed by atoms with E-state index in [-0.39, 0.29) is 57.8 Å². The van der Waals surface area contributed by atoms with Crippen LogP contribution >= 0.6 is 15.9 Å². The maximum atomic E-state index is 13.4. The van der Waals surface area contributed by atoms with Crippen molar-refractivity contribution in [1.82, 2.24) is 29.9 Å². The van der Waals surface area contributed by atoms with Crippen LogP contribution in [-0.4, -0.2) is 97.9 Å². The van der Waals surface area contributed by atoms with Crippen molar-refractivity contribution in [2.45, 2.75) is 73.7 Å². The predicted molar refractivity (Wildman–Crippen MR) is 386 cm³/mol. The van der Waals surface area contributed by atoms with Crippen LogP contribution in [0.2, 0.25) is 0 Å². The highest BCUT2D eigenvalue weighted by Crippen LogP contribution is 2.56. The van der Waals surface area contributed by atoms with Gasteiger partial charge in [0, 0.05) is 63.5 Å². The Labute approximate surface area is 616 Å². The van der Waals surface area contributed by atoms with Crippen LogP contribution in [0.4, 0.5) is 43.8 Å². The summed E-state index contributed by atoms with van der Waals surface area (Å²) in [6.07, 6.45) is -2.98. The fourth-order valence-electron chi connectivity index (χ4n) is 12.8. The zero-order chi connectivity index (χ0) is 75.5. The maximum Gasteiger partial charge on any atom is 0.586 e. The Morgan fingerprint density at radius 1 is 0.454 bits per heavy atom. The van der Waals surface area contributed by atoms with Gasteiger partial charge in [0.25, 0.3) is 0 Å². The summed E-state index contributed by atoms with van der Waals surface area (Å²) in [5, 5.41) is 31.4. The third-order valence-corrected chi connectivity index (χ3v) is 19.5. The SMILES string of the molecule is COc1ccc(-c2nc(NC(=O)C3(c4ccc5c(c4)OC(F)(F)O5)CC3)cc3ccccc23)cn1.COc1ccc(B(O)O)cn1.O=C(Nc1cc2ccccc2c(-c2ccc(=O)[nH]c2)n1)C1(c2ccc3c(c2)OC(F)(F)O3)CC1.O=C(Nc1cc2ccccc2c(Br)n1)C1(c2ccc3c(c2)OC(F)(F)O3)CC1. The van der Waals surface area contributed by atoms with Gasteiger partial charge in [0.05, 0.1) is 41.9 Å². The van der Waals surface area contributed by atoms with E-state index in [1.54, 1.807) is 68.0 Å². The summed E-state index contributed by atoms with van der Waals surface area (Å²) in [5.74, 6) is 0.944. The fourth-order valence-corrected chi connectivity index (χ4v) is 13.4. The monoisotopic (exact) mass is 1540 g/mol. The number of benzene rings is 6. The van der Waals surface area contributed by atoms with E-state index in [2.05, 4.69) is 85.2 Å². The summed E-state index contributed by atoms with van der Waals surface area (Å²) in [5.41, 5.74) is 2.18. The number of nitrogens with zero attached hydrogens (tertiary/aromatic N) is 5. The van der Waals surface area contributed by atoms with Crippen LogP contribution in [0.15, 0.2) is 210 Å². The number of amides is 3. The van der Waals surface area contributed by atoms with Crippen LogP contribution < -0.4 is 64.9 Å². The standard InChI is InChI=1S/C26H19F2N3O4.C25H17F2N3O4.C20H13BrF2N2O3.C6H8BNO3/c1-33-22-9-6-16(14-29-22)23-18-5-3-2-4-15(18)12-21(30-23)31-24(32)25(10-11-25)17-7-8-19-20(13-17)35-26(27,28)34-19;26-25(27)33-18-7-6-16(12-19(18)34-25)24(9-10-24)23(32)30-20-11-14-3-1-2-4-17(14)22(29-20)15-5-8-21(31)28-13-15;21-17-13-4-2-1-3-11(13)9-16(24-17)25-18(26)19(7-8-19)12-5-6-14-15(10-12)28-20(22,23)27-14;1-11-6-3-2-5(4-8-6)7(9)10/h2-9,12-14H,10-11H2,1H3,(H,30,31,32);1-8,11-13H,9-10H2,(H,28,31)(H,29,30,32);1-6,9-10H,7-8H2,(H,24,25,26);2-4,9-10H,1H3. The van der Waals surface area contributed by atoms with Crippen molar-refractivity contribution < 1.29 is 88.7 Å². The minimum atomic E-state index is -3.72. The largest absolute Gasteiger partial charge is 0.586 e. The van der Waals surface area contributed by atoms with Gasteiger partial charge in [0.2, 0.25) is 35.0 Å². The molecule has 0 bridgehead atoms. The summed E-state index contributed by atoms with van der Waals surface area (Å²) in [4.78, 5) is 75.7. The molecule has 6 aromatic heterocycles. The molecule has 31 heteroatoms. The molecular weight excluding hydrogens is 1480 g/mol. The van der Waals surface area contributed by atoms with Gasteiger partial charge in [-0.05, 0) is 160 Å². The normalized spacial score (nSPS) is 16.4. The molecule has 108 heavy (non-hydrogen) atoms. The molecule has 3 fully saturated rings. The third kappa shape index (κ3) is 14.6. The number of methoxy groups -OCH3 is 2. The Hall–Kier alpha value is -12.3. The highest BCUT2D eigenvalue weighted by molar-refractivity contribution is 9.10. The number of alkyl halides is 6. The molecule has 6 N–H and O–H groups in total. The van der Waals surface area contributed by atoms with Crippen molar-refractivity contribution in [3.8, 4) is 68.8 Å². The maximum absolute atomic E-state index is 13.4. The summed E-state index contributed by atoms with van der Waals surface area (Å²) in [6, 6.07) is 51.6. The molecule has 0 saturated heterocycles. The summed E-state index contributed by atoms with van der Waals surface area (Å²) in [6.45, 7) is 0. The second-order valence-electron chi connectivity index (χ2n) is 25.8. The number of H-pyrrole nitrogens is 1. The molecule has 3 saturated carbocycles. The number of rotatable bonds is 14. The average Bonchev–Trinajstić information content (AvgIpc) is 1.59. The molecule has 0 atom stereocenters. The van der Waals surface area contributed by atoms with Crippen LogP contribution in [0, 0.1) is 0 Å². The fraction of sp³-hybridized carbons (Fsp3) is 0.182. The van der Waals surface area contributed by atoms with Crippen LogP contribution in [-0.2, 0) is 30.6 Å². The molecule has 9 heterocycles. The molecule has 0 radical (unpaired) electrons. The van der Waals surface area contributed by atoms with E-state index in [1.165, 1.54) is 61.8 Å². The molecular formula is C77H57BBrF6N9O14. The number of nitrogens with one attached hydrogen (secondary N) is 4. The van der Waals surface area contributed by atoms with Gasteiger partial charge in [-0.3, -0.25) is 19.2 Å². The first-order chi connectivity index (χ1) is 51.8. The zero-order valence-corrected chi connectivity index (χ0v) is 58.1. The van der Waals surface area contributed by atoms with Crippen molar-refractivity contribution in [3.05, 3.63) is 232 Å². The lowest BCUT2D eigenvalue weighted by Gasteiger charge is -2.17. The van der Waals surface area contributed by atoms with E-state index < -0.39 is 42.2 Å². The van der Waals surface area contributed by atoms with E-state index in [0.717, 1.165) is 37.9 Å². The first-order valence-electron chi connectivity index (χ1n) is 33.4. The predicted octanol–water partition coefficient (Wildman–Crippen LogP) is 13.6. The first-order valence-corrected chi connectivity index (χ1v) is 34.2. The number of fused-ring (bicyclic) bond motifs is 6. The van der Waals surface area contributed by atoms with Gasteiger partial charge in [-0.2, -0.15) is 0 Å². The molecule has 18 rings (SSSR count). The summed E-state index contributed by atoms with van der Waals surface area (Å²) in [7, 11) is 1.58. The molecule has 6 aromatic carbocycles.